The average molecular weight is 350 g/mol. The van der Waals surface area contributed by atoms with Crippen molar-refractivity contribution in [2.75, 3.05) is 0 Å². The summed E-state index contributed by atoms with van der Waals surface area (Å²) in [6.45, 7) is 0. The van der Waals surface area contributed by atoms with Gasteiger partial charge in [0.1, 0.15) is 0 Å². The van der Waals surface area contributed by atoms with E-state index in [4.69, 9.17) is 5.11 Å². The van der Waals surface area contributed by atoms with Crippen LogP contribution in [0.25, 0.3) is 0 Å². The van der Waals surface area contributed by atoms with Gasteiger partial charge in [0.25, 0.3) is 11.4 Å². The first-order valence-electron chi connectivity index (χ1n) is 6.43. The van der Waals surface area contributed by atoms with Gasteiger partial charge in [-0.1, -0.05) is 6.07 Å². The summed E-state index contributed by atoms with van der Waals surface area (Å²) in [4.78, 5) is 31.5. The lowest BCUT2D eigenvalue weighted by molar-refractivity contribution is -0.385. The maximum atomic E-state index is 12.3. The molecule has 9 nitrogen and oxygen atoms in total. The summed E-state index contributed by atoms with van der Waals surface area (Å²) in [5.41, 5.74) is -0.731. The molecule has 2 aromatic carbocycles. The van der Waals surface area contributed by atoms with E-state index in [0.29, 0.717) is 0 Å². The van der Waals surface area contributed by atoms with Crippen LogP contribution in [0.5, 0.6) is 0 Å². The number of hydrogen-bond donors (Lipinski definition) is 1. The van der Waals surface area contributed by atoms with Crippen LogP contribution >= 0.6 is 0 Å². The topological polar surface area (TPSA) is 141 Å². The molecule has 0 spiro atoms. The predicted molar refractivity (Wildman–Crippen MR) is 83.3 cm³/mol. The summed E-state index contributed by atoms with van der Waals surface area (Å²) in [7, 11) is -1.67. The molecule has 124 valence electrons. The average Bonchev–Trinajstić information content (AvgIpc) is 2.54. The fourth-order valence-corrected chi connectivity index (χ4v) is 3.07. The van der Waals surface area contributed by atoms with Crippen molar-refractivity contribution < 1.29 is 24.0 Å². The third kappa shape index (κ3) is 3.79. The zero-order valence-electron chi connectivity index (χ0n) is 11.9. The van der Waals surface area contributed by atoms with E-state index >= 15 is 0 Å². The van der Waals surface area contributed by atoms with Gasteiger partial charge in [-0.3, -0.25) is 24.4 Å². The second-order valence-electron chi connectivity index (χ2n) is 4.65. The monoisotopic (exact) mass is 350 g/mol. The Kier molecular flexibility index (Phi) is 4.99. The SMILES string of the molecule is O=C(O)c1ccc(CS(=O)c2ccc([N+](=O)[O-])cc2)c([N+](=O)[O-])c1. The quantitative estimate of drug-likeness (QED) is 0.623. The molecule has 1 unspecified atom stereocenters. The van der Waals surface area contributed by atoms with Gasteiger partial charge in [0.15, 0.2) is 0 Å². The lowest BCUT2D eigenvalue weighted by Crippen LogP contribution is -2.04. The molecule has 0 aliphatic rings. The van der Waals surface area contributed by atoms with Gasteiger partial charge in [0.2, 0.25) is 0 Å². The van der Waals surface area contributed by atoms with Crippen LogP contribution in [0.4, 0.5) is 11.4 Å². The Morgan fingerprint density at radius 2 is 1.67 bits per heavy atom. The van der Waals surface area contributed by atoms with E-state index in [1.54, 1.807) is 0 Å². The number of nitro groups is 2. The normalized spacial score (nSPS) is 11.7. The van der Waals surface area contributed by atoms with E-state index in [1.165, 1.54) is 36.4 Å². The molecule has 0 heterocycles. The van der Waals surface area contributed by atoms with Gasteiger partial charge in [0, 0.05) is 28.7 Å². The molecule has 24 heavy (non-hydrogen) atoms. The standard InChI is InChI=1S/C14H10N2O7S/c17-14(18)9-1-2-10(13(7-9)16(21)22)8-24(23)12-5-3-11(4-6-12)15(19)20/h1-7H,8H2,(H,17,18). The number of nitrogens with zero attached hydrogens (tertiary/aromatic N) is 2. The molecular formula is C14H10N2O7S. The number of benzene rings is 2. The molecule has 1 N–H and O–H groups in total. The van der Waals surface area contributed by atoms with Crippen molar-refractivity contribution in [2.24, 2.45) is 0 Å². The summed E-state index contributed by atoms with van der Waals surface area (Å²) in [6.07, 6.45) is 0. The van der Waals surface area contributed by atoms with E-state index < -0.39 is 32.3 Å². The van der Waals surface area contributed by atoms with Gasteiger partial charge in [0.05, 0.1) is 32.0 Å². The van der Waals surface area contributed by atoms with Crippen LogP contribution in [0.15, 0.2) is 47.4 Å². The van der Waals surface area contributed by atoms with Crippen molar-refractivity contribution in [2.45, 2.75) is 10.6 Å². The van der Waals surface area contributed by atoms with Crippen LogP contribution < -0.4 is 0 Å². The van der Waals surface area contributed by atoms with Gasteiger partial charge < -0.3 is 5.11 Å². The number of rotatable bonds is 6. The van der Waals surface area contributed by atoms with Gasteiger partial charge in [-0.25, -0.2) is 4.79 Å². The number of carboxylic acid groups (broad SMARTS) is 1. The van der Waals surface area contributed by atoms with Crippen molar-refractivity contribution in [3.05, 3.63) is 73.8 Å². The number of carbonyl (C=O) groups is 1. The molecule has 0 aliphatic heterocycles. The minimum absolute atomic E-state index is 0.113. The number of nitro benzene ring substituents is 2. The highest BCUT2D eigenvalue weighted by Crippen LogP contribution is 2.24. The fourth-order valence-electron chi connectivity index (χ4n) is 1.93. The van der Waals surface area contributed by atoms with Crippen LogP contribution in [-0.4, -0.2) is 25.1 Å². The number of non-ortho nitro benzene ring substituents is 1. The maximum Gasteiger partial charge on any atom is 0.335 e. The minimum atomic E-state index is -1.67. The molecular weight excluding hydrogens is 340 g/mol. The van der Waals surface area contributed by atoms with Crippen LogP contribution in [0.3, 0.4) is 0 Å². The van der Waals surface area contributed by atoms with Crippen LogP contribution in [0, 0.1) is 20.2 Å². The minimum Gasteiger partial charge on any atom is -0.478 e. The Balaban J connectivity index is 2.29. The van der Waals surface area contributed by atoms with Gasteiger partial charge in [-0.2, -0.15) is 0 Å². The van der Waals surface area contributed by atoms with E-state index in [1.807, 2.05) is 0 Å². The van der Waals surface area contributed by atoms with Crippen LogP contribution in [-0.2, 0) is 16.6 Å². The summed E-state index contributed by atoms with van der Waals surface area (Å²) < 4.78 is 12.3. The summed E-state index contributed by atoms with van der Waals surface area (Å²) >= 11 is 0. The fraction of sp³-hybridized carbons (Fsp3) is 0.0714. The lowest BCUT2D eigenvalue weighted by atomic mass is 10.1. The van der Waals surface area contributed by atoms with Crippen molar-refractivity contribution in [3.63, 3.8) is 0 Å². The van der Waals surface area contributed by atoms with Gasteiger partial charge in [-0.05, 0) is 18.2 Å². The lowest BCUT2D eigenvalue weighted by Gasteiger charge is -2.05. The van der Waals surface area contributed by atoms with E-state index in [-0.39, 0.29) is 27.5 Å². The second-order valence-corrected chi connectivity index (χ2v) is 6.10. The van der Waals surface area contributed by atoms with Crippen molar-refractivity contribution in [1.82, 2.24) is 0 Å². The summed E-state index contributed by atoms with van der Waals surface area (Å²) in [6, 6.07) is 8.34. The Hall–Kier alpha value is -3.14. The Morgan fingerprint density at radius 3 is 2.17 bits per heavy atom. The van der Waals surface area contributed by atoms with Crippen molar-refractivity contribution >= 4 is 28.1 Å². The first-order valence-corrected chi connectivity index (χ1v) is 7.75. The number of carboxylic acids is 1. The highest BCUT2D eigenvalue weighted by molar-refractivity contribution is 7.84. The molecule has 0 aromatic heterocycles. The molecule has 0 amide bonds. The van der Waals surface area contributed by atoms with Gasteiger partial charge in [-0.15, -0.1) is 0 Å². The Bertz CT molecular complexity index is 849. The first kappa shape index (κ1) is 17.2. The molecule has 10 heteroatoms. The summed E-state index contributed by atoms with van der Waals surface area (Å²) in [5, 5.41) is 30.5. The molecule has 0 bridgehead atoms. The molecule has 2 rings (SSSR count). The highest BCUT2D eigenvalue weighted by atomic mass is 32.2. The largest absolute Gasteiger partial charge is 0.478 e. The van der Waals surface area contributed by atoms with Crippen LogP contribution in [0.1, 0.15) is 15.9 Å². The number of aromatic carboxylic acids is 1. The smallest absolute Gasteiger partial charge is 0.335 e. The van der Waals surface area contributed by atoms with E-state index in [2.05, 4.69) is 0 Å². The van der Waals surface area contributed by atoms with E-state index in [9.17, 15) is 29.2 Å². The predicted octanol–water partition coefficient (Wildman–Crippen LogP) is 2.51. The Labute approximate surface area is 137 Å². The van der Waals surface area contributed by atoms with Crippen LogP contribution in [0.2, 0.25) is 0 Å². The van der Waals surface area contributed by atoms with Crippen molar-refractivity contribution in [3.8, 4) is 0 Å². The molecule has 1 atom stereocenters. The molecule has 0 saturated heterocycles. The molecule has 0 radical (unpaired) electrons. The Morgan fingerprint density at radius 1 is 1.04 bits per heavy atom. The molecule has 0 fully saturated rings. The van der Waals surface area contributed by atoms with Gasteiger partial charge >= 0.3 is 5.97 Å². The molecule has 0 saturated carbocycles. The number of hydrogen-bond acceptors (Lipinski definition) is 6. The summed E-state index contributed by atoms with van der Waals surface area (Å²) in [5.74, 6) is -1.52. The molecule has 2 aromatic rings. The zero-order valence-corrected chi connectivity index (χ0v) is 12.8. The van der Waals surface area contributed by atoms with Crippen molar-refractivity contribution in [1.29, 1.82) is 0 Å². The second kappa shape index (κ2) is 6.96. The third-order valence-corrected chi connectivity index (χ3v) is 4.50. The first-order chi connectivity index (χ1) is 11.3. The van der Waals surface area contributed by atoms with E-state index in [0.717, 1.165) is 6.07 Å². The highest BCUT2D eigenvalue weighted by Gasteiger charge is 2.19. The zero-order chi connectivity index (χ0) is 17.9. The third-order valence-electron chi connectivity index (χ3n) is 3.13. The molecule has 0 aliphatic carbocycles. The maximum absolute atomic E-state index is 12.3.